The number of aliphatic hydroxyl groups is 1. The zero-order chi connectivity index (χ0) is 11.1. The highest BCUT2D eigenvalue weighted by atomic mass is 16.5. The Bertz CT molecular complexity index is 160. The maximum absolute atomic E-state index is 9.76. The van der Waals surface area contributed by atoms with Gasteiger partial charge in [0.2, 0.25) is 0 Å². The molecule has 1 aliphatic carbocycles. The monoisotopic (exact) mass is 215 g/mol. The van der Waals surface area contributed by atoms with Gasteiger partial charge < -0.3 is 9.84 Å². The van der Waals surface area contributed by atoms with Crippen molar-refractivity contribution < 1.29 is 9.84 Å². The molecule has 0 aromatic carbocycles. The molecule has 1 fully saturated rings. The molecule has 0 amide bonds. The quantitative estimate of drug-likeness (QED) is 0.635. The second-order valence-electron chi connectivity index (χ2n) is 4.39. The summed E-state index contributed by atoms with van der Waals surface area (Å²) in [6.45, 7) is 7.25. The summed E-state index contributed by atoms with van der Waals surface area (Å²) in [5.74, 6) is 0. The van der Waals surface area contributed by atoms with E-state index in [2.05, 4.69) is 11.8 Å². The van der Waals surface area contributed by atoms with Crippen LogP contribution in [0, 0.1) is 0 Å². The van der Waals surface area contributed by atoms with Crippen molar-refractivity contribution in [2.75, 3.05) is 26.3 Å². The first-order chi connectivity index (χ1) is 7.27. The zero-order valence-electron chi connectivity index (χ0n) is 10.1. The molecule has 0 radical (unpaired) electrons. The van der Waals surface area contributed by atoms with Crippen LogP contribution in [0.15, 0.2) is 0 Å². The summed E-state index contributed by atoms with van der Waals surface area (Å²) in [5, 5.41) is 9.76. The molecule has 0 aromatic rings. The van der Waals surface area contributed by atoms with Gasteiger partial charge in [0.25, 0.3) is 0 Å². The Morgan fingerprint density at radius 2 is 2.13 bits per heavy atom. The lowest BCUT2D eigenvalue weighted by Gasteiger charge is -2.24. The van der Waals surface area contributed by atoms with Crippen LogP contribution in [0.25, 0.3) is 0 Å². The van der Waals surface area contributed by atoms with E-state index in [1.165, 1.54) is 25.7 Å². The minimum absolute atomic E-state index is 0.317. The van der Waals surface area contributed by atoms with Crippen molar-refractivity contribution in [1.82, 2.24) is 4.90 Å². The molecule has 3 heteroatoms. The van der Waals surface area contributed by atoms with Gasteiger partial charge in [-0.15, -0.1) is 0 Å². The first-order valence-corrected chi connectivity index (χ1v) is 6.27. The summed E-state index contributed by atoms with van der Waals surface area (Å²) >= 11 is 0. The van der Waals surface area contributed by atoms with Crippen molar-refractivity contribution >= 4 is 0 Å². The number of rotatable bonds is 9. The van der Waals surface area contributed by atoms with E-state index in [-0.39, 0.29) is 6.10 Å². The summed E-state index contributed by atoms with van der Waals surface area (Å²) < 4.78 is 5.22. The van der Waals surface area contributed by atoms with Gasteiger partial charge in [-0.1, -0.05) is 13.3 Å². The van der Waals surface area contributed by atoms with E-state index in [1.807, 2.05) is 6.92 Å². The van der Waals surface area contributed by atoms with E-state index in [0.29, 0.717) is 13.2 Å². The topological polar surface area (TPSA) is 32.7 Å². The third-order valence-corrected chi connectivity index (χ3v) is 2.82. The fourth-order valence-electron chi connectivity index (χ4n) is 1.80. The first kappa shape index (κ1) is 12.9. The third kappa shape index (κ3) is 5.50. The largest absolute Gasteiger partial charge is 0.389 e. The highest BCUT2D eigenvalue weighted by Gasteiger charge is 2.29. The van der Waals surface area contributed by atoms with Crippen molar-refractivity contribution in [3.05, 3.63) is 0 Å². The minimum Gasteiger partial charge on any atom is -0.389 e. The molecule has 0 heterocycles. The molecule has 1 unspecified atom stereocenters. The van der Waals surface area contributed by atoms with Gasteiger partial charge in [0.1, 0.15) is 0 Å². The summed E-state index contributed by atoms with van der Waals surface area (Å²) in [6, 6.07) is 0.743. The molecule has 1 saturated carbocycles. The number of ether oxygens (including phenoxy) is 1. The lowest BCUT2D eigenvalue weighted by molar-refractivity contribution is 0.0193. The molecule has 0 saturated heterocycles. The molecule has 1 aliphatic rings. The molecule has 1 rings (SSSR count). The van der Waals surface area contributed by atoms with E-state index in [9.17, 15) is 5.11 Å². The SMILES string of the molecule is CCCCN(CC(O)COCC)C1CC1. The van der Waals surface area contributed by atoms with E-state index < -0.39 is 0 Å². The summed E-state index contributed by atoms with van der Waals surface area (Å²) in [5.41, 5.74) is 0. The summed E-state index contributed by atoms with van der Waals surface area (Å²) in [4.78, 5) is 2.42. The van der Waals surface area contributed by atoms with Gasteiger partial charge in [0.05, 0.1) is 12.7 Å². The molecule has 0 spiro atoms. The Hall–Kier alpha value is -0.120. The highest BCUT2D eigenvalue weighted by molar-refractivity contribution is 4.85. The minimum atomic E-state index is -0.317. The maximum atomic E-state index is 9.76. The smallest absolute Gasteiger partial charge is 0.0900 e. The van der Waals surface area contributed by atoms with Gasteiger partial charge in [-0.3, -0.25) is 4.90 Å². The van der Waals surface area contributed by atoms with Crippen LogP contribution in [0.4, 0.5) is 0 Å². The van der Waals surface area contributed by atoms with Crippen LogP contribution in [0.1, 0.15) is 39.5 Å². The second kappa shape index (κ2) is 7.20. The molecule has 0 bridgehead atoms. The molecule has 0 aromatic heterocycles. The molecule has 1 N–H and O–H groups in total. The average Bonchev–Trinajstić information content (AvgIpc) is 3.04. The molecule has 1 atom stereocenters. The normalized spacial score (nSPS) is 18.4. The number of hydrogen-bond acceptors (Lipinski definition) is 3. The van der Waals surface area contributed by atoms with Gasteiger partial charge >= 0.3 is 0 Å². The van der Waals surface area contributed by atoms with Crippen LogP contribution in [-0.4, -0.2) is 48.5 Å². The second-order valence-corrected chi connectivity index (χ2v) is 4.39. The van der Waals surface area contributed by atoms with E-state index in [4.69, 9.17) is 4.74 Å². The van der Waals surface area contributed by atoms with Crippen molar-refractivity contribution in [3.63, 3.8) is 0 Å². The predicted molar refractivity (Wildman–Crippen MR) is 62.0 cm³/mol. The van der Waals surface area contributed by atoms with Crippen LogP contribution in [0.2, 0.25) is 0 Å². The van der Waals surface area contributed by atoms with Gasteiger partial charge in [-0.05, 0) is 32.7 Å². The Labute approximate surface area is 93.4 Å². The number of unbranched alkanes of at least 4 members (excludes halogenated alkanes) is 1. The number of hydrogen-bond donors (Lipinski definition) is 1. The zero-order valence-corrected chi connectivity index (χ0v) is 10.1. The molecule has 90 valence electrons. The van der Waals surface area contributed by atoms with Crippen LogP contribution in [0.5, 0.6) is 0 Å². The lowest BCUT2D eigenvalue weighted by atomic mass is 10.2. The van der Waals surface area contributed by atoms with Crippen LogP contribution in [-0.2, 0) is 4.74 Å². The van der Waals surface area contributed by atoms with Crippen molar-refractivity contribution in [2.45, 2.75) is 51.7 Å². The molecular weight excluding hydrogens is 190 g/mol. The highest BCUT2D eigenvalue weighted by Crippen LogP contribution is 2.27. The number of nitrogens with zero attached hydrogens (tertiary/aromatic N) is 1. The van der Waals surface area contributed by atoms with Gasteiger partial charge in [-0.25, -0.2) is 0 Å². The van der Waals surface area contributed by atoms with Crippen molar-refractivity contribution in [3.8, 4) is 0 Å². The van der Waals surface area contributed by atoms with Crippen molar-refractivity contribution in [1.29, 1.82) is 0 Å². The molecular formula is C12H25NO2. The van der Waals surface area contributed by atoms with E-state index in [0.717, 1.165) is 19.1 Å². The Morgan fingerprint density at radius 1 is 1.40 bits per heavy atom. The molecule has 15 heavy (non-hydrogen) atoms. The fourth-order valence-corrected chi connectivity index (χ4v) is 1.80. The Kier molecular flexibility index (Phi) is 6.22. The van der Waals surface area contributed by atoms with Gasteiger partial charge in [0.15, 0.2) is 0 Å². The summed E-state index contributed by atoms with van der Waals surface area (Å²) in [6.07, 6.45) is 4.76. The first-order valence-electron chi connectivity index (χ1n) is 6.27. The van der Waals surface area contributed by atoms with Gasteiger partial charge in [-0.2, -0.15) is 0 Å². The van der Waals surface area contributed by atoms with Crippen molar-refractivity contribution in [2.24, 2.45) is 0 Å². The van der Waals surface area contributed by atoms with Crippen LogP contribution >= 0.6 is 0 Å². The Balaban J connectivity index is 2.17. The average molecular weight is 215 g/mol. The number of aliphatic hydroxyl groups excluding tert-OH is 1. The fraction of sp³-hybridized carbons (Fsp3) is 1.00. The summed E-state index contributed by atoms with van der Waals surface area (Å²) in [7, 11) is 0. The van der Waals surface area contributed by atoms with E-state index in [1.54, 1.807) is 0 Å². The lowest BCUT2D eigenvalue weighted by Crippen LogP contribution is -2.37. The van der Waals surface area contributed by atoms with Crippen LogP contribution < -0.4 is 0 Å². The molecule has 0 aliphatic heterocycles. The van der Waals surface area contributed by atoms with E-state index >= 15 is 0 Å². The Morgan fingerprint density at radius 3 is 2.67 bits per heavy atom. The predicted octanol–water partition coefficient (Wildman–Crippen LogP) is 1.65. The maximum Gasteiger partial charge on any atom is 0.0900 e. The molecule has 3 nitrogen and oxygen atoms in total. The van der Waals surface area contributed by atoms with Crippen LogP contribution in [0.3, 0.4) is 0 Å². The van der Waals surface area contributed by atoms with Gasteiger partial charge in [0, 0.05) is 19.2 Å². The standard InChI is InChI=1S/C12H25NO2/c1-3-5-8-13(11-6-7-11)9-12(14)10-15-4-2/h11-12,14H,3-10H2,1-2H3. The third-order valence-electron chi connectivity index (χ3n) is 2.82.